The molecule has 0 atom stereocenters. The normalized spacial score (nSPS) is 13.6. The van der Waals surface area contributed by atoms with E-state index in [0.717, 1.165) is 17.3 Å². The lowest BCUT2D eigenvalue weighted by Gasteiger charge is -2.35. The lowest BCUT2D eigenvalue weighted by molar-refractivity contribution is -0.384. The maximum atomic E-state index is 14.2. The summed E-state index contributed by atoms with van der Waals surface area (Å²) < 4.78 is 14.2. The van der Waals surface area contributed by atoms with Gasteiger partial charge in [0.1, 0.15) is 5.82 Å². The first-order valence-electron chi connectivity index (χ1n) is 10.7. The number of benzene rings is 3. The Morgan fingerprint density at radius 2 is 1.50 bits per heavy atom. The average molecular weight is 480 g/mol. The fraction of sp³-hybridized carbons (Fsp3) is 0.200. The number of halogens is 1. The summed E-state index contributed by atoms with van der Waals surface area (Å²) in [5, 5.41) is 11.3. The van der Waals surface area contributed by atoms with Crippen LogP contribution in [-0.4, -0.2) is 52.7 Å². The summed E-state index contributed by atoms with van der Waals surface area (Å²) in [5.41, 5.74) is 1.58. The molecule has 1 fully saturated rings. The zero-order valence-corrected chi connectivity index (χ0v) is 19.3. The molecule has 3 aromatic rings. The minimum atomic E-state index is -0.563. The van der Waals surface area contributed by atoms with Crippen LogP contribution in [0.1, 0.15) is 26.3 Å². The predicted octanol–water partition coefficient (Wildman–Crippen LogP) is 4.79. The van der Waals surface area contributed by atoms with Gasteiger partial charge in [-0.05, 0) is 37.3 Å². The van der Waals surface area contributed by atoms with E-state index >= 15 is 0 Å². The summed E-state index contributed by atoms with van der Waals surface area (Å²) in [4.78, 5) is 40.9. The van der Waals surface area contributed by atoms with Gasteiger partial charge in [0, 0.05) is 53.7 Å². The quantitative estimate of drug-likeness (QED) is 0.388. The van der Waals surface area contributed by atoms with Crippen LogP contribution in [0.25, 0.3) is 0 Å². The van der Waals surface area contributed by atoms with Gasteiger partial charge in [0.05, 0.1) is 10.5 Å². The van der Waals surface area contributed by atoms with E-state index in [2.05, 4.69) is 0 Å². The van der Waals surface area contributed by atoms with Crippen LogP contribution >= 0.6 is 11.8 Å². The highest BCUT2D eigenvalue weighted by molar-refractivity contribution is 7.99. The van der Waals surface area contributed by atoms with Gasteiger partial charge < -0.3 is 9.80 Å². The third-order valence-corrected chi connectivity index (χ3v) is 6.74. The summed E-state index contributed by atoms with van der Waals surface area (Å²) in [6, 6.07) is 17.5. The first-order valence-corrected chi connectivity index (χ1v) is 11.5. The number of nitrogens with zero attached hydrogens (tertiary/aromatic N) is 3. The smallest absolute Gasteiger partial charge is 0.270 e. The summed E-state index contributed by atoms with van der Waals surface area (Å²) in [6.45, 7) is 3.24. The van der Waals surface area contributed by atoms with Gasteiger partial charge in [0.15, 0.2) is 0 Å². The molecular weight excluding hydrogens is 457 g/mol. The SMILES string of the molecule is Cc1ccc(C(=O)N2CCN(C(=O)c3cc([N+](=O)[O-])ccc3Sc3ccccc3F)CC2)cc1. The van der Waals surface area contributed by atoms with Crippen LogP contribution in [0.5, 0.6) is 0 Å². The fourth-order valence-electron chi connectivity index (χ4n) is 3.70. The van der Waals surface area contributed by atoms with E-state index in [1.165, 1.54) is 24.3 Å². The van der Waals surface area contributed by atoms with Crippen molar-refractivity contribution in [2.24, 2.45) is 0 Å². The van der Waals surface area contributed by atoms with Crippen LogP contribution < -0.4 is 0 Å². The Balaban J connectivity index is 1.52. The number of hydrogen-bond donors (Lipinski definition) is 0. The molecule has 0 bridgehead atoms. The molecule has 2 amide bonds. The number of rotatable bonds is 5. The Kier molecular flexibility index (Phi) is 6.93. The van der Waals surface area contributed by atoms with Gasteiger partial charge in [-0.2, -0.15) is 0 Å². The minimum Gasteiger partial charge on any atom is -0.335 e. The highest BCUT2D eigenvalue weighted by atomic mass is 32.2. The second-order valence-corrected chi connectivity index (χ2v) is 9.00. The van der Waals surface area contributed by atoms with Crippen LogP contribution in [0, 0.1) is 22.9 Å². The molecule has 3 aromatic carbocycles. The van der Waals surface area contributed by atoms with Crippen molar-refractivity contribution in [2.75, 3.05) is 26.2 Å². The van der Waals surface area contributed by atoms with Crippen molar-refractivity contribution in [3.63, 3.8) is 0 Å². The van der Waals surface area contributed by atoms with E-state index in [4.69, 9.17) is 0 Å². The lowest BCUT2D eigenvalue weighted by atomic mass is 10.1. The molecule has 7 nitrogen and oxygen atoms in total. The molecule has 174 valence electrons. The molecule has 0 spiro atoms. The number of hydrogen-bond acceptors (Lipinski definition) is 5. The monoisotopic (exact) mass is 479 g/mol. The number of nitro benzene ring substituents is 1. The van der Waals surface area contributed by atoms with Crippen molar-refractivity contribution >= 4 is 29.3 Å². The maximum Gasteiger partial charge on any atom is 0.270 e. The van der Waals surface area contributed by atoms with Crippen molar-refractivity contribution in [1.82, 2.24) is 9.80 Å². The van der Waals surface area contributed by atoms with E-state index < -0.39 is 10.7 Å². The van der Waals surface area contributed by atoms with Crippen LogP contribution in [0.15, 0.2) is 76.5 Å². The zero-order chi connectivity index (χ0) is 24.2. The maximum absolute atomic E-state index is 14.2. The van der Waals surface area contributed by atoms with Crippen molar-refractivity contribution in [1.29, 1.82) is 0 Å². The third kappa shape index (κ3) is 5.09. The van der Waals surface area contributed by atoms with E-state index in [9.17, 15) is 24.1 Å². The second-order valence-electron chi connectivity index (χ2n) is 7.92. The molecule has 0 N–H and O–H groups in total. The van der Waals surface area contributed by atoms with Gasteiger partial charge in [-0.15, -0.1) is 0 Å². The first kappa shape index (κ1) is 23.4. The predicted molar refractivity (Wildman–Crippen MR) is 127 cm³/mol. The number of piperazine rings is 1. The van der Waals surface area contributed by atoms with Gasteiger partial charge in [-0.1, -0.05) is 41.6 Å². The topological polar surface area (TPSA) is 83.8 Å². The third-order valence-electron chi connectivity index (χ3n) is 5.61. The van der Waals surface area contributed by atoms with Crippen LogP contribution in [0.4, 0.5) is 10.1 Å². The second kappa shape index (κ2) is 10.0. The number of carbonyl (C=O) groups excluding carboxylic acids is 2. The molecule has 1 aliphatic heterocycles. The first-order chi connectivity index (χ1) is 16.3. The fourth-order valence-corrected chi connectivity index (χ4v) is 4.64. The van der Waals surface area contributed by atoms with Crippen LogP contribution in [-0.2, 0) is 0 Å². The summed E-state index contributed by atoms with van der Waals surface area (Å²) in [6.07, 6.45) is 0. The van der Waals surface area contributed by atoms with Gasteiger partial charge >= 0.3 is 0 Å². The van der Waals surface area contributed by atoms with Crippen molar-refractivity contribution in [2.45, 2.75) is 16.7 Å². The highest BCUT2D eigenvalue weighted by Gasteiger charge is 2.28. The summed E-state index contributed by atoms with van der Waals surface area (Å²) in [7, 11) is 0. The van der Waals surface area contributed by atoms with Gasteiger partial charge in [-0.25, -0.2) is 4.39 Å². The highest BCUT2D eigenvalue weighted by Crippen LogP contribution is 2.34. The zero-order valence-electron chi connectivity index (χ0n) is 18.4. The molecule has 4 rings (SSSR count). The van der Waals surface area contributed by atoms with E-state index in [1.54, 1.807) is 40.1 Å². The van der Waals surface area contributed by atoms with Gasteiger partial charge in [-0.3, -0.25) is 19.7 Å². The number of non-ortho nitro benzene ring substituents is 1. The van der Waals surface area contributed by atoms with Gasteiger partial charge in [0.2, 0.25) is 0 Å². The van der Waals surface area contributed by atoms with E-state index in [-0.39, 0.29) is 23.1 Å². The molecule has 1 aliphatic rings. The largest absolute Gasteiger partial charge is 0.335 e. The Labute approximate surface area is 200 Å². The molecule has 1 saturated heterocycles. The number of carbonyl (C=O) groups is 2. The lowest BCUT2D eigenvalue weighted by Crippen LogP contribution is -2.50. The molecule has 0 aromatic heterocycles. The van der Waals surface area contributed by atoms with Crippen LogP contribution in [0.2, 0.25) is 0 Å². The van der Waals surface area contributed by atoms with Crippen molar-refractivity contribution in [3.05, 3.63) is 99.4 Å². The molecule has 34 heavy (non-hydrogen) atoms. The van der Waals surface area contributed by atoms with Crippen LogP contribution in [0.3, 0.4) is 0 Å². The molecule has 0 radical (unpaired) electrons. The molecule has 1 heterocycles. The molecule has 0 unspecified atom stereocenters. The number of nitro groups is 1. The Morgan fingerprint density at radius 1 is 0.882 bits per heavy atom. The molecule has 0 saturated carbocycles. The average Bonchev–Trinajstić information content (AvgIpc) is 2.85. The van der Waals surface area contributed by atoms with Crippen molar-refractivity contribution < 1.29 is 18.9 Å². The van der Waals surface area contributed by atoms with E-state index in [1.807, 2.05) is 19.1 Å². The van der Waals surface area contributed by atoms with E-state index in [0.29, 0.717) is 41.5 Å². The number of aryl methyl sites for hydroxylation is 1. The Hall–Kier alpha value is -3.72. The Bertz CT molecular complexity index is 1240. The Morgan fingerprint density at radius 3 is 2.12 bits per heavy atom. The minimum absolute atomic E-state index is 0.0988. The number of amides is 2. The van der Waals surface area contributed by atoms with Gasteiger partial charge in [0.25, 0.3) is 17.5 Å². The molecule has 0 aliphatic carbocycles. The molecular formula is C25H22FN3O4S. The summed E-state index contributed by atoms with van der Waals surface area (Å²) in [5.74, 6) is -0.921. The van der Waals surface area contributed by atoms with Crippen molar-refractivity contribution in [3.8, 4) is 0 Å². The standard InChI is InChI=1S/C25H22FN3O4S/c1-17-6-8-18(9-7-17)24(30)27-12-14-28(15-13-27)25(31)20-16-19(29(32)33)10-11-22(20)34-23-5-3-2-4-21(23)26/h2-11,16H,12-15H2,1H3. The summed E-state index contributed by atoms with van der Waals surface area (Å²) >= 11 is 1.05. The molecule has 9 heteroatoms.